The summed E-state index contributed by atoms with van der Waals surface area (Å²) in [6.45, 7) is 11.8. The van der Waals surface area contributed by atoms with Crippen LogP contribution >= 0.6 is 0 Å². The zero-order valence-electron chi connectivity index (χ0n) is 11.4. The van der Waals surface area contributed by atoms with E-state index in [0.29, 0.717) is 5.92 Å². The number of rotatable bonds is 5. The van der Waals surface area contributed by atoms with Crippen molar-refractivity contribution in [2.75, 3.05) is 0 Å². The molecule has 0 amide bonds. The van der Waals surface area contributed by atoms with E-state index in [0.717, 1.165) is 6.42 Å². The molecule has 0 aromatic heterocycles. The molecular weight excluding hydrogens is 200 g/mol. The van der Waals surface area contributed by atoms with Crippen LogP contribution in [-0.2, 0) is 4.79 Å². The van der Waals surface area contributed by atoms with Gasteiger partial charge in [0.15, 0.2) is 5.78 Å². The summed E-state index contributed by atoms with van der Waals surface area (Å²) in [7, 11) is 0. The van der Waals surface area contributed by atoms with Crippen LogP contribution in [0, 0.1) is 17.3 Å². The highest BCUT2D eigenvalue weighted by atomic mass is 16.3. The highest BCUT2D eigenvalue weighted by molar-refractivity contribution is 5.91. The fraction of sp³-hybridized carbons (Fsp3) is 0.786. The van der Waals surface area contributed by atoms with Crippen molar-refractivity contribution in [2.45, 2.75) is 54.1 Å². The maximum Gasteiger partial charge on any atom is 0.160 e. The van der Waals surface area contributed by atoms with Gasteiger partial charge in [-0.3, -0.25) is 4.79 Å². The molecular formula is C14H26O2. The molecule has 0 saturated carbocycles. The molecule has 0 radical (unpaired) electrons. The van der Waals surface area contributed by atoms with Gasteiger partial charge in [0, 0.05) is 5.92 Å². The Morgan fingerprint density at radius 1 is 1.25 bits per heavy atom. The summed E-state index contributed by atoms with van der Waals surface area (Å²) in [5.41, 5.74) is -0.249. The minimum Gasteiger partial charge on any atom is -0.392 e. The van der Waals surface area contributed by atoms with E-state index in [-0.39, 0.29) is 17.1 Å². The molecule has 94 valence electrons. The van der Waals surface area contributed by atoms with Crippen molar-refractivity contribution in [3.63, 3.8) is 0 Å². The van der Waals surface area contributed by atoms with E-state index in [1.165, 1.54) is 0 Å². The van der Waals surface area contributed by atoms with Gasteiger partial charge in [0.25, 0.3) is 0 Å². The van der Waals surface area contributed by atoms with Gasteiger partial charge in [-0.15, -0.1) is 0 Å². The van der Waals surface area contributed by atoms with Crippen LogP contribution in [0.15, 0.2) is 12.2 Å². The first kappa shape index (κ1) is 15.4. The molecule has 2 atom stereocenters. The minimum absolute atomic E-state index is 0.0167. The molecule has 16 heavy (non-hydrogen) atoms. The highest BCUT2D eigenvalue weighted by Gasteiger charge is 2.30. The Morgan fingerprint density at radius 3 is 2.12 bits per heavy atom. The first-order valence-electron chi connectivity index (χ1n) is 6.04. The fourth-order valence-electron chi connectivity index (χ4n) is 1.51. The molecule has 2 heteroatoms. The molecule has 0 spiro atoms. The van der Waals surface area contributed by atoms with Crippen LogP contribution in [0.4, 0.5) is 0 Å². The second-order valence-corrected chi connectivity index (χ2v) is 6.03. The minimum atomic E-state index is -0.594. The standard InChI is InChI=1S/C14H26O2/c1-10(2)8-7-9-12(15)11(3)13(16)14(4,5)6/h7,9-11,13,16H,8H2,1-6H3/b9-7+. The first-order valence-corrected chi connectivity index (χ1v) is 6.04. The summed E-state index contributed by atoms with van der Waals surface area (Å²) in [4.78, 5) is 11.8. The quantitative estimate of drug-likeness (QED) is 0.731. The lowest BCUT2D eigenvalue weighted by Gasteiger charge is -2.29. The molecule has 2 unspecified atom stereocenters. The molecule has 2 nitrogen and oxygen atoms in total. The van der Waals surface area contributed by atoms with Crippen LogP contribution in [-0.4, -0.2) is 17.0 Å². The predicted molar refractivity (Wildman–Crippen MR) is 68.2 cm³/mol. The van der Waals surface area contributed by atoms with Crippen molar-refractivity contribution in [2.24, 2.45) is 17.3 Å². The molecule has 0 aliphatic carbocycles. The van der Waals surface area contributed by atoms with Gasteiger partial charge in [-0.25, -0.2) is 0 Å². The van der Waals surface area contributed by atoms with E-state index in [9.17, 15) is 9.90 Å². The average Bonchev–Trinajstić information content (AvgIpc) is 2.13. The van der Waals surface area contributed by atoms with Crippen molar-refractivity contribution in [3.05, 3.63) is 12.2 Å². The third-order valence-electron chi connectivity index (χ3n) is 2.70. The fourth-order valence-corrected chi connectivity index (χ4v) is 1.51. The van der Waals surface area contributed by atoms with Gasteiger partial charge in [0.2, 0.25) is 0 Å². The van der Waals surface area contributed by atoms with Gasteiger partial charge in [0.1, 0.15) is 0 Å². The zero-order chi connectivity index (χ0) is 12.9. The van der Waals surface area contributed by atoms with Crippen molar-refractivity contribution in [3.8, 4) is 0 Å². The molecule has 1 N–H and O–H groups in total. The second-order valence-electron chi connectivity index (χ2n) is 6.03. The lowest BCUT2D eigenvalue weighted by molar-refractivity contribution is -0.123. The second kappa shape index (κ2) is 6.19. The van der Waals surface area contributed by atoms with Crippen molar-refractivity contribution in [1.82, 2.24) is 0 Å². The van der Waals surface area contributed by atoms with Gasteiger partial charge in [0.05, 0.1) is 6.10 Å². The summed E-state index contributed by atoms with van der Waals surface area (Å²) in [6, 6.07) is 0. The van der Waals surface area contributed by atoms with E-state index >= 15 is 0 Å². The number of aliphatic hydroxyl groups is 1. The topological polar surface area (TPSA) is 37.3 Å². The lowest BCUT2D eigenvalue weighted by Crippen LogP contribution is -2.35. The van der Waals surface area contributed by atoms with E-state index in [4.69, 9.17) is 0 Å². The summed E-state index contributed by atoms with van der Waals surface area (Å²) >= 11 is 0. The summed E-state index contributed by atoms with van der Waals surface area (Å²) in [5, 5.41) is 9.98. The maximum atomic E-state index is 11.8. The average molecular weight is 226 g/mol. The van der Waals surface area contributed by atoms with E-state index in [1.807, 2.05) is 26.8 Å². The summed E-state index contributed by atoms with van der Waals surface area (Å²) in [6.07, 6.45) is 3.83. The molecule has 0 aromatic carbocycles. The third-order valence-corrected chi connectivity index (χ3v) is 2.70. The first-order chi connectivity index (χ1) is 7.16. The number of ketones is 1. The number of aliphatic hydroxyl groups excluding tert-OH is 1. The van der Waals surface area contributed by atoms with E-state index in [2.05, 4.69) is 13.8 Å². The van der Waals surface area contributed by atoms with Gasteiger partial charge in [-0.05, 0) is 23.8 Å². The highest BCUT2D eigenvalue weighted by Crippen LogP contribution is 2.25. The van der Waals surface area contributed by atoms with Gasteiger partial charge in [-0.2, -0.15) is 0 Å². The van der Waals surface area contributed by atoms with Crippen molar-refractivity contribution < 1.29 is 9.90 Å². The molecule has 0 heterocycles. The molecule has 0 saturated heterocycles. The van der Waals surface area contributed by atoms with E-state index < -0.39 is 6.10 Å². The molecule has 0 aliphatic rings. The summed E-state index contributed by atoms with van der Waals surface area (Å²) in [5.74, 6) is 0.249. The Labute approximate surface area is 99.7 Å². The predicted octanol–water partition coefficient (Wildman–Crippen LogP) is 3.20. The van der Waals surface area contributed by atoms with E-state index in [1.54, 1.807) is 13.0 Å². The van der Waals surface area contributed by atoms with Gasteiger partial charge in [-0.1, -0.05) is 47.6 Å². The molecule has 0 fully saturated rings. The molecule has 0 rings (SSSR count). The maximum absolute atomic E-state index is 11.8. The SMILES string of the molecule is CC(C)C/C=C/C(=O)C(C)C(O)C(C)(C)C. The number of carbonyl (C=O) groups is 1. The van der Waals surface area contributed by atoms with Crippen molar-refractivity contribution >= 4 is 5.78 Å². The Hall–Kier alpha value is -0.630. The number of allylic oxidation sites excluding steroid dienone is 2. The summed E-state index contributed by atoms with van der Waals surface area (Å²) < 4.78 is 0. The Morgan fingerprint density at radius 2 is 1.75 bits per heavy atom. The van der Waals surface area contributed by atoms with Crippen LogP contribution in [0.2, 0.25) is 0 Å². The molecule has 0 bridgehead atoms. The molecule has 0 aliphatic heterocycles. The Bertz CT molecular complexity index is 246. The third kappa shape index (κ3) is 5.45. The Kier molecular flexibility index (Phi) is 5.95. The van der Waals surface area contributed by atoms with Crippen LogP contribution in [0.25, 0.3) is 0 Å². The van der Waals surface area contributed by atoms with Gasteiger partial charge < -0.3 is 5.11 Å². The smallest absolute Gasteiger partial charge is 0.160 e. The number of hydrogen-bond acceptors (Lipinski definition) is 2. The Balaban J connectivity index is 4.34. The monoisotopic (exact) mass is 226 g/mol. The van der Waals surface area contributed by atoms with Crippen LogP contribution in [0.1, 0.15) is 48.0 Å². The van der Waals surface area contributed by atoms with Gasteiger partial charge >= 0.3 is 0 Å². The number of hydrogen-bond donors (Lipinski definition) is 1. The largest absolute Gasteiger partial charge is 0.392 e. The normalized spacial score (nSPS) is 16.8. The van der Waals surface area contributed by atoms with Crippen LogP contribution in [0.5, 0.6) is 0 Å². The van der Waals surface area contributed by atoms with Crippen LogP contribution < -0.4 is 0 Å². The van der Waals surface area contributed by atoms with Crippen LogP contribution in [0.3, 0.4) is 0 Å². The lowest BCUT2D eigenvalue weighted by atomic mass is 9.80. The van der Waals surface area contributed by atoms with Crippen molar-refractivity contribution in [1.29, 1.82) is 0 Å². The molecule has 0 aromatic rings. The number of carbonyl (C=O) groups excluding carboxylic acids is 1. The zero-order valence-corrected chi connectivity index (χ0v) is 11.4.